The van der Waals surface area contributed by atoms with Crippen LogP contribution < -0.4 is 5.32 Å². The zero-order valence-electron chi connectivity index (χ0n) is 13.2. The van der Waals surface area contributed by atoms with Crippen molar-refractivity contribution in [1.29, 1.82) is 0 Å². The molecule has 0 aliphatic carbocycles. The van der Waals surface area contributed by atoms with Crippen molar-refractivity contribution in [2.24, 2.45) is 0 Å². The molecule has 0 heterocycles. The SMILES string of the molecule is CCNC(CSCc1ccccc1)c1cc(C)ccc1C. The van der Waals surface area contributed by atoms with Crippen LogP contribution in [0, 0.1) is 13.8 Å². The molecule has 2 aromatic carbocycles. The maximum atomic E-state index is 3.63. The van der Waals surface area contributed by atoms with Gasteiger partial charge in [0, 0.05) is 17.5 Å². The number of hydrogen-bond acceptors (Lipinski definition) is 2. The van der Waals surface area contributed by atoms with Gasteiger partial charge in [-0.25, -0.2) is 0 Å². The fourth-order valence-electron chi connectivity index (χ4n) is 2.51. The second kappa shape index (κ2) is 8.26. The average molecular weight is 299 g/mol. The van der Waals surface area contributed by atoms with Gasteiger partial charge in [0.2, 0.25) is 0 Å². The summed E-state index contributed by atoms with van der Waals surface area (Å²) >= 11 is 2.00. The summed E-state index contributed by atoms with van der Waals surface area (Å²) in [5, 5.41) is 3.63. The van der Waals surface area contributed by atoms with Gasteiger partial charge >= 0.3 is 0 Å². The summed E-state index contributed by atoms with van der Waals surface area (Å²) in [6.07, 6.45) is 0. The number of benzene rings is 2. The maximum Gasteiger partial charge on any atom is 0.0414 e. The average Bonchev–Trinajstić information content (AvgIpc) is 2.50. The molecule has 2 heteroatoms. The molecule has 0 saturated carbocycles. The van der Waals surface area contributed by atoms with Crippen LogP contribution in [0.3, 0.4) is 0 Å². The van der Waals surface area contributed by atoms with Gasteiger partial charge in [-0.2, -0.15) is 11.8 Å². The van der Waals surface area contributed by atoms with Crippen LogP contribution in [0.2, 0.25) is 0 Å². The Morgan fingerprint density at radius 2 is 1.81 bits per heavy atom. The van der Waals surface area contributed by atoms with Crippen LogP contribution >= 0.6 is 11.8 Å². The number of nitrogens with one attached hydrogen (secondary N) is 1. The molecule has 0 fully saturated rings. The summed E-state index contributed by atoms with van der Waals surface area (Å²) < 4.78 is 0. The van der Waals surface area contributed by atoms with E-state index >= 15 is 0 Å². The highest BCUT2D eigenvalue weighted by Crippen LogP contribution is 2.24. The third-order valence-electron chi connectivity index (χ3n) is 3.66. The van der Waals surface area contributed by atoms with Crippen LogP contribution in [0.1, 0.15) is 35.2 Å². The monoisotopic (exact) mass is 299 g/mol. The van der Waals surface area contributed by atoms with E-state index in [0.717, 1.165) is 18.1 Å². The third-order valence-corrected chi connectivity index (χ3v) is 4.76. The van der Waals surface area contributed by atoms with Crippen LogP contribution in [0.4, 0.5) is 0 Å². The minimum Gasteiger partial charge on any atom is -0.310 e. The molecule has 1 unspecified atom stereocenters. The summed E-state index contributed by atoms with van der Waals surface area (Å²) in [7, 11) is 0. The second-order valence-electron chi connectivity index (χ2n) is 5.47. The van der Waals surface area contributed by atoms with E-state index in [9.17, 15) is 0 Å². The Morgan fingerprint density at radius 1 is 1.05 bits per heavy atom. The molecule has 1 N–H and O–H groups in total. The lowest BCUT2D eigenvalue weighted by Gasteiger charge is -2.20. The second-order valence-corrected chi connectivity index (χ2v) is 6.50. The number of hydrogen-bond donors (Lipinski definition) is 1. The van der Waals surface area contributed by atoms with Gasteiger partial charge in [0.25, 0.3) is 0 Å². The quantitative estimate of drug-likeness (QED) is 0.781. The van der Waals surface area contributed by atoms with Crippen LogP contribution in [-0.4, -0.2) is 12.3 Å². The predicted molar refractivity (Wildman–Crippen MR) is 94.9 cm³/mol. The van der Waals surface area contributed by atoms with Gasteiger partial charge < -0.3 is 5.32 Å². The van der Waals surface area contributed by atoms with E-state index in [1.807, 2.05) is 11.8 Å². The summed E-state index contributed by atoms with van der Waals surface area (Å²) in [5.74, 6) is 2.18. The van der Waals surface area contributed by atoms with Gasteiger partial charge in [0.05, 0.1) is 0 Å². The van der Waals surface area contributed by atoms with Crippen molar-refractivity contribution in [3.05, 3.63) is 70.8 Å². The van der Waals surface area contributed by atoms with Gasteiger partial charge in [-0.15, -0.1) is 0 Å². The van der Waals surface area contributed by atoms with Gasteiger partial charge in [0.15, 0.2) is 0 Å². The fourth-order valence-corrected chi connectivity index (χ4v) is 3.59. The number of thioether (sulfide) groups is 1. The van der Waals surface area contributed by atoms with E-state index in [1.165, 1.54) is 22.3 Å². The fraction of sp³-hybridized carbons (Fsp3) is 0.368. The number of rotatable bonds is 7. The highest BCUT2D eigenvalue weighted by Gasteiger charge is 2.13. The van der Waals surface area contributed by atoms with Crippen molar-refractivity contribution in [3.63, 3.8) is 0 Å². The minimum atomic E-state index is 0.434. The molecule has 0 spiro atoms. The molecule has 0 aromatic heterocycles. The molecular formula is C19H25NS. The maximum absolute atomic E-state index is 3.63. The molecule has 0 aliphatic rings. The lowest BCUT2D eigenvalue weighted by Crippen LogP contribution is -2.24. The Bertz CT molecular complexity index is 551. The Kier molecular flexibility index (Phi) is 6.34. The van der Waals surface area contributed by atoms with Gasteiger partial charge in [-0.05, 0) is 37.1 Å². The first-order valence-corrected chi connectivity index (χ1v) is 8.78. The van der Waals surface area contributed by atoms with E-state index in [-0.39, 0.29) is 0 Å². The topological polar surface area (TPSA) is 12.0 Å². The van der Waals surface area contributed by atoms with Gasteiger partial charge in [-0.3, -0.25) is 0 Å². The highest BCUT2D eigenvalue weighted by molar-refractivity contribution is 7.98. The summed E-state index contributed by atoms with van der Waals surface area (Å²) in [4.78, 5) is 0. The molecule has 0 amide bonds. The zero-order valence-corrected chi connectivity index (χ0v) is 14.0. The van der Waals surface area contributed by atoms with Crippen molar-refractivity contribution in [2.45, 2.75) is 32.6 Å². The molecule has 0 bridgehead atoms. The Balaban J connectivity index is 2.00. The van der Waals surface area contributed by atoms with Crippen LogP contribution in [-0.2, 0) is 5.75 Å². The van der Waals surface area contributed by atoms with Crippen LogP contribution in [0.25, 0.3) is 0 Å². The van der Waals surface area contributed by atoms with E-state index in [2.05, 4.69) is 74.6 Å². The molecule has 112 valence electrons. The van der Waals surface area contributed by atoms with Gasteiger partial charge in [-0.1, -0.05) is 61.0 Å². The first-order valence-electron chi connectivity index (χ1n) is 7.63. The lowest BCUT2D eigenvalue weighted by molar-refractivity contribution is 0.602. The zero-order chi connectivity index (χ0) is 15.1. The molecule has 0 aliphatic heterocycles. The molecular weight excluding hydrogens is 274 g/mol. The lowest BCUT2D eigenvalue weighted by atomic mass is 10.00. The standard InChI is InChI=1S/C19H25NS/c1-4-20-19(18-12-15(2)10-11-16(18)3)14-21-13-17-8-6-5-7-9-17/h5-12,19-20H,4,13-14H2,1-3H3. The van der Waals surface area contributed by atoms with E-state index in [0.29, 0.717) is 6.04 Å². The molecule has 1 nitrogen and oxygen atoms in total. The summed E-state index contributed by atoms with van der Waals surface area (Å²) in [5.41, 5.74) is 5.56. The highest BCUT2D eigenvalue weighted by atomic mass is 32.2. The van der Waals surface area contributed by atoms with Crippen molar-refractivity contribution < 1.29 is 0 Å². The predicted octanol–water partition coefficient (Wildman–Crippen LogP) is 4.89. The molecule has 21 heavy (non-hydrogen) atoms. The largest absolute Gasteiger partial charge is 0.310 e. The minimum absolute atomic E-state index is 0.434. The van der Waals surface area contributed by atoms with Gasteiger partial charge in [0.1, 0.15) is 0 Å². The van der Waals surface area contributed by atoms with Crippen molar-refractivity contribution in [1.82, 2.24) is 5.32 Å². The molecule has 1 atom stereocenters. The summed E-state index contributed by atoms with van der Waals surface area (Å²) in [6, 6.07) is 17.9. The molecule has 2 aromatic rings. The van der Waals surface area contributed by atoms with Crippen molar-refractivity contribution in [3.8, 4) is 0 Å². The Morgan fingerprint density at radius 3 is 2.52 bits per heavy atom. The Hall–Kier alpha value is -1.25. The van der Waals surface area contributed by atoms with Crippen molar-refractivity contribution in [2.75, 3.05) is 12.3 Å². The summed E-state index contributed by atoms with van der Waals surface area (Å²) in [6.45, 7) is 7.56. The van der Waals surface area contributed by atoms with E-state index in [1.54, 1.807) is 0 Å². The van der Waals surface area contributed by atoms with E-state index in [4.69, 9.17) is 0 Å². The number of aryl methyl sites for hydroxylation is 2. The first-order chi connectivity index (χ1) is 10.2. The normalized spacial score (nSPS) is 12.3. The third kappa shape index (κ3) is 4.90. The molecule has 0 saturated heterocycles. The Labute approximate surface area is 133 Å². The van der Waals surface area contributed by atoms with Crippen molar-refractivity contribution >= 4 is 11.8 Å². The first kappa shape index (κ1) is 16.1. The van der Waals surface area contributed by atoms with Crippen LogP contribution in [0.15, 0.2) is 48.5 Å². The molecule has 2 rings (SSSR count). The van der Waals surface area contributed by atoms with Crippen LogP contribution in [0.5, 0.6) is 0 Å². The van der Waals surface area contributed by atoms with E-state index < -0.39 is 0 Å². The smallest absolute Gasteiger partial charge is 0.0414 e. The molecule has 0 radical (unpaired) electrons.